The molecule has 0 saturated carbocycles. The van der Waals surface area contributed by atoms with Crippen molar-refractivity contribution in [3.8, 4) is 6.07 Å². The van der Waals surface area contributed by atoms with Gasteiger partial charge < -0.3 is 4.52 Å². The number of nitrogens with zero attached hydrogens (tertiary/aromatic N) is 5. The predicted octanol–water partition coefficient (Wildman–Crippen LogP) is 0.198. The molecule has 6 heteroatoms. The quantitative estimate of drug-likeness (QED) is 0.742. The van der Waals surface area contributed by atoms with Gasteiger partial charge in [-0.2, -0.15) is 10.2 Å². The first kappa shape index (κ1) is 10.7. The Labute approximate surface area is 99.8 Å². The molecule has 3 fully saturated rings. The van der Waals surface area contributed by atoms with Crippen LogP contribution in [0.1, 0.15) is 24.2 Å². The van der Waals surface area contributed by atoms with Gasteiger partial charge in [0.2, 0.25) is 5.89 Å². The van der Waals surface area contributed by atoms with Gasteiger partial charge in [-0.15, -0.1) is 0 Å². The third-order valence-electron chi connectivity index (χ3n) is 3.51. The highest BCUT2D eigenvalue weighted by Crippen LogP contribution is 2.26. The fourth-order valence-electron chi connectivity index (χ4n) is 2.53. The maximum absolute atomic E-state index is 8.51. The largest absolute Gasteiger partial charge is 0.339 e. The summed E-state index contributed by atoms with van der Waals surface area (Å²) in [5.41, 5.74) is 0. The Morgan fingerprint density at radius 1 is 1.35 bits per heavy atom. The molecule has 1 unspecified atom stereocenters. The van der Waals surface area contributed by atoms with Crippen molar-refractivity contribution >= 4 is 0 Å². The zero-order chi connectivity index (χ0) is 11.7. The van der Waals surface area contributed by atoms with Crippen LogP contribution in [0.25, 0.3) is 0 Å². The maximum Gasteiger partial charge on any atom is 0.227 e. The van der Waals surface area contributed by atoms with Crippen LogP contribution >= 0.6 is 0 Å². The Balaban J connectivity index is 1.72. The van der Waals surface area contributed by atoms with E-state index >= 15 is 0 Å². The summed E-state index contributed by atoms with van der Waals surface area (Å²) in [6.07, 6.45) is 0.988. The van der Waals surface area contributed by atoms with Crippen LogP contribution in [-0.2, 0) is 6.42 Å². The zero-order valence-corrected chi connectivity index (χ0v) is 9.67. The molecule has 3 aliphatic heterocycles. The van der Waals surface area contributed by atoms with E-state index in [1.165, 1.54) is 0 Å². The number of nitriles is 1. The lowest BCUT2D eigenvalue weighted by Gasteiger charge is -2.46. The first-order valence-electron chi connectivity index (χ1n) is 6.02. The number of hydrogen-bond donors (Lipinski definition) is 0. The van der Waals surface area contributed by atoms with E-state index in [2.05, 4.69) is 26.0 Å². The van der Waals surface area contributed by atoms with Crippen molar-refractivity contribution in [1.82, 2.24) is 19.9 Å². The van der Waals surface area contributed by atoms with Crippen LogP contribution < -0.4 is 0 Å². The lowest BCUT2D eigenvalue weighted by atomic mass is 10.1. The van der Waals surface area contributed by atoms with E-state index in [4.69, 9.17) is 9.78 Å². The average Bonchev–Trinajstić information content (AvgIpc) is 2.86. The molecule has 90 valence electrons. The molecule has 1 atom stereocenters. The Morgan fingerprint density at radius 2 is 2.18 bits per heavy atom. The van der Waals surface area contributed by atoms with Crippen LogP contribution in [0.4, 0.5) is 0 Å². The van der Waals surface area contributed by atoms with Crippen LogP contribution in [0.15, 0.2) is 4.52 Å². The summed E-state index contributed by atoms with van der Waals surface area (Å²) < 4.78 is 5.17. The maximum atomic E-state index is 8.51. The lowest BCUT2D eigenvalue weighted by molar-refractivity contribution is 0.00781. The van der Waals surface area contributed by atoms with E-state index in [0.29, 0.717) is 18.7 Å². The van der Waals surface area contributed by atoms with Crippen LogP contribution in [0, 0.1) is 11.3 Å². The van der Waals surface area contributed by atoms with Gasteiger partial charge >= 0.3 is 0 Å². The van der Waals surface area contributed by atoms with Gasteiger partial charge in [0.15, 0.2) is 5.82 Å². The third-order valence-corrected chi connectivity index (χ3v) is 3.51. The van der Waals surface area contributed by atoms with Crippen molar-refractivity contribution in [2.24, 2.45) is 0 Å². The first-order valence-corrected chi connectivity index (χ1v) is 6.02. The van der Waals surface area contributed by atoms with Crippen LogP contribution in [0.2, 0.25) is 0 Å². The molecule has 4 heterocycles. The smallest absolute Gasteiger partial charge is 0.227 e. The van der Waals surface area contributed by atoms with Gasteiger partial charge in [-0.25, -0.2) is 0 Å². The van der Waals surface area contributed by atoms with Gasteiger partial charge in [-0.1, -0.05) is 5.16 Å². The standard InChI is InChI=1S/C11H15N5O/c12-3-1-2-10-13-11(14-17-10)9-8-15-4-6-16(9)7-5-15/h9H,1-2,4-8H2. The van der Waals surface area contributed by atoms with Gasteiger partial charge in [-0.3, -0.25) is 9.80 Å². The van der Waals surface area contributed by atoms with Crippen LogP contribution in [-0.4, -0.2) is 52.7 Å². The molecule has 3 saturated heterocycles. The second kappa shape index (κ2) is 4.43. The molecular formula is C11H15N5O. The predicted molar refractivity (Wildman–Crippen MR) is 59.0 cm³/mol. The Bertz CT molecular complexity index is 429. The van der Waals surface area contributed by atoms with E-state index in [9.17, 15) is 0 Å². The highest BCUT2D eigenvalue weighted by molar-refractivity contribution is 5.01. The summed E-state index contributed by atoms with van der Waals surface area (Å²) in [6.45, 7) is 5.47. The van der Waals surface area contributed by atoms with Crippen LogP contribution in [0.5, 0.6) is 0 Å². The third kappa shape index (κ3) is 2.04. The van der Waals surface area contributed by atoms with Crippen molar-refractivity contribution in [3.63, 3.8) is 0 Å². The zero-order valence-electron chi connectivity index (χ0n) is 9.67. The molecular weight excluding hydrogens is 218 g/mol. The Kier molecular flexibility index (Phi) is 2.79. The molecule has 1 aromatic heterocycles. The van der Waals surface area contributed by atoms with Crippen molar-refractivity contribution in [2.45, 2.75) is 18.9 Å². The Morgan fingerprint density at radius 3 is 2.82 bits per heavy atom. The molecule has 3 aliphatic rings. The summed E-state index contributed by atoms with van der Waals surface area (Å²) >= 11 is 0. The molecule has 0 N–H and O–H groups in total. The first-order chi connectivity index (χ1) is 8.36. The van der Waals surface area contributed by atoms with E-state index in [-0.39, 0.29) is 6.04 Å². The SMILES string of the molecule is N#CCCc1nc(C2CN3CCN2CC3)no1. The van der Waals surface area contributed by atoms with E-state index in [1.807, 2.05) is 0 Å². The molecule has 0 amide bonds. The van der Waals surface area contributed by atoms with Gasteiger partial charge in [0.05, 0.1) is 12.1 Å². The minimum absolute atomic E-state index is 0.275. The molecule has 0 aliphatic carbocycles. The molecule has 6 nitrogen and oxygen atoms in total. The normalized spacial score (nSPS) is 31.4. The van der Waals surface area contributed by atoms with Gasteiger partial charge in [-0.05, 0) is 0 Å². The second-order valence-corrected chi connectivity index (χ2v) is 4.56. The highest BCUT2D eigenvalue weighted by atomic mass is 16.5. The van der Waals surface area contributed by atoms with E-state index in [0.717, 1.165) is 38.5 Å². The van der Waals surface area contributed by atoms with Gasteiger partial charge in [0.25, 0.3) is 0 Å². The summed E-state index contributed by atoms with van der Waals surface area (Å²) in [4.78, 5) is 9.25. The number of aryl methyl sites for hydroxylation is 1. The Hall–Kier alpha value is -1.45. The van der Waals surface area contributed by atoms with E-state index < -0.39 is 0 Å². The number of fused-ring (bicyclic) bond motifs is 3. The molecule has 0 spiro atoms. The van der Waals surface area contributed by atoms with Gasteiger partial charge in [0, 0.05) is 45.6 Å². The number of piperazine rings is 3. The summed E-state index contributed by atoms with van der Waals surface area (Å²) in [6, 6.07) is 2.36. The number of rotatable bonds is 3. The minimum atomic E-state index is 0.275. The summed E-state index contributed by atoms with van der Waals surface area (Å²) in [5.74, 6) is 1.36. The van der Waals surface area contributed by atoms with Gasteiger partial charge in [0.1, 0.15) is 0 Å². The molecule has 17 heavy (non-hydrogen) atoms. The minimum Gasteiger partial charge on any atom is -0.339 e. The van der Waals surface area contributed by atoms with Crippen molar-refractivity contribution in [2.75, 3.05) is 32.7 Å². The fourth-order valence-corrected chi connectivity index (χ4v) is 2.53. The monoisotopic (exact) mass is 233 g/mol. The van der Waals surface area contributed by atoms with Crippen molar-refractivity contribution < 1.29 is 4.52 Å². The molecule has 1 aromatic rings. The molecule has 4 rings (SSSR count). The second-order valence-electron chi connectivity index (χ2n) is 4.56. The summed E-state index contributed by atoms with van der Waals surface area (Å²) in [7, 11) is 0. The number of hydrogen-bond acceptors (Lipinski definition) is 6. The number of aromatic nitrogens is 2. The molecule has 2 bridgehead atoms. The molecule has 0 aromatic carbocycles. The molecule has 0 radical (unpaired) electrons. The van der Waals surface area contributed by atoms with Crippen molar-refractivity contribution in [3.05, 3.63) is 11.7 Å². The van der Waals surface area contributed by atoms with Crippen LogP contribution in [0.3, 0.4) is 0 Å². The van der Waals surface area contributed by atoms with E-state index in [1.54, 1.807) is 0 Å². The topological polar surface area (TPSA) is 69.2 Å². The van der Waals surface area contributed by atoms with Crippen molar-refractivity contribution in [1.29, 1.82) is 5.26 Å². The summed E-state index contributed by atoms with van der Waals surface area (Å²) in [5, 5.41) is 12.6. The average molecular weight is 233 g/mol. The highest BCUT2D eigenvalue weighted by Gasteiger charge is 2.35. The fraction of sp³-hybridized carbons (Fsp3) is 0.727. The lowest BCUT2D eigenvalue weighted by Crippen LogP contribution is -2.57.